The Bertz CT molecular complexity index is 1000. The number of pyridine rings is 2. The molecule has 0 spiro atoms. The maximum Gasteiger partial charge on any atom is 0.415 e. The van der Waals surface area contributed by atoms with Gasteiger partial charge in [0.25, 0.3) is 0 Å². The number of piperazine rings is 1. The molecule has 4 rings (SSSR count). The average Bonchev–Trinajstić information content (AvgIpc) is 2.86. The monoisotopic (exact) mass is 446 g/mol. The van der Waals surface area contributed by atoms with Crippen LogP contribution in [0, 0.1) is 6.92 Å². The molecule has 172 valence electrons. The molecule has 7 heteroatoms. The van der Waals surface area contributed by atoms with Crippen molar-refractivity contribution in [1.82, 2.24) is 19.8 Å². The van der Waals surface area contributed by atoms with Crippen molar-refractivity contribution in [3.63, 3.8) is 0 Å². The predicted molar refractivity (Wildman–Crippen MR) is 127 cm³/mol. The van der Waals surface area contributed by atoms with Crippen LogP contribution in [0.1, 0.15) is 16.8 Å². The van der Waals surface area contributed by atoms with Gasteiger partial charge in [-0.2, -0.15) is 0 Å². The summed E-state index contributed by atoms with van der Waals surface area (Å²) in [5.41, 5.74) is 3.40. The van der Waals surface area contributed by atoms with Gasteiger partial charge in [-0.15, -0.1) is 0 Å². The Morgan fingerprint density at radius 1 is 0.939 bits per heavy atom. The van der Waals surface area contributed by atoms with Gasteiger partial charge in [-0.3, -0.25) is 9.88 Å². The standard InChI is InChI=1S/C26H30N4O3/c1-21-5-8-23(28-20-21)11-14-29-15-17-30(18-16-29)26(31)33-24-9-6-22(7-10-24)12-19-32-25-4-2-3-13-27-25/h2-10,13,20H,11-12,14-19H2,1H3. The van der Waals surface area contributed by atoms with E-state index in [2.05, 4.69) is 27.0 Å². The van der Waals surface area contributed by atoms with Gasteiger partial charge in [0.05, 0.1) is 6.61 Å². The molecule has 3 heterocycles. The lowest BCUT2D eigenvalue weighted by Gasteiger charge is -2.33. The van der Waals surface area contributed by atoms with Crippen LogP contribution < -0.4 is 9.47 Å². The highest BCUT2D eigenvalue weighted by molar-refractivity contribution is 5.70. The first-order valence-electron chi connectivity index (χ1n) is 11.4. The fourth-order valence-electron chi connectivity index (χ4n) is 3.67. The second kappa shape index (κ2) is 11.4. The number of amides is 1. The van der Waals surface area contributed by atoms with Crippen LogP contribution >= 0.6 is 0 Å². The largest absolute Gasteiger partial charge is 0.477 e. The number of aromatic nitrogens is 2. The summed E-state index contributed by atoms with van der Waals surface area (Å²) in [6.07, 6.45) is 5.00. The molecule has 0 saturated carbocycles. The van der Waals surface area contributed by atoms with Crippen molar-refractivity contribution in [1.29, 1.82) is 0 Å². The molecule has 1 fully saturated rings. The molecular formula is C26H30N4O3. The third kappa shape index (κ3) is 7.02. The van der Waals surface area contributed by atoms with Gasteiger partial charge in [0.15, 0.2) is 0 Å². The van der Waals surface area contributed by atoms with Gasteiger partial charge in [-0.05, 0) is 42.3 Å². The minimum absolute atomic E-state index is 0.291. The normalized spacial score (nSPS) is 14.2. The highest BCUT2D eigenvalue weighted by Gasteiger charge is 2.22. The molecule has 0 aliphatic carbocycles. The van der Waals surface area contributed by atoms with Crippen LogP contribution in [0.4, 0.5) is 4.79 Å². The van der Waals surface area contributed by atoms with Crippen molar-refractivity contribution in [3.05, 3.63) is 83.8 Å². The third-order valence-corrected chi connectivity index (χ3v) is 5.69. The van der Waals surface area contributed by atoms with E-state index in [0.29, 0.717) is 31.3 Å². The maximum absolute atomic E-state index is 12.5. The van der Waals surface area contributed by atoms with Gasteiger partial charge < -0.3 is 14.4 Å². The molecule has 1 amide bonds. The van der Waals surface area contributed by atoms with E-state index >= 15 is 0 Å². The summed E-state index contributed by atoms with van der Waals surface area (Å²) in [6, 6.07) is 17.4. The van der Waals surface area contributed by atoms with E-state index in [1.165, 1.54) is 5.56 Å². The summed E-state index contributed by atoms with van der Waals surface area (Å²) in [6.45, 7) is 6.56. The Morgan fingerprint density at radius 2 is 1.76 bits per heavy atom. The van der Waals surface area contributed by atoms with Crippen LogP contribution in [0.15, 0.2) is 67.0 Å². The molecule has 0 radical (unpaired) electrons. The zero-order valence-corrected chi connectivity index (χ0v) is 19.0. The number of nitrogens with zero attached hydrogens (tertiary/aromatic N) is 4. The van der Waals surface area contributed by atoms with E-state index in [9.17, 15) is 4.79 Å². The van der Waals surface area contributed by atoms with Crippen LogP contribution in [-0.4, -0.2) is 65.2 Å². The van der Waals surface area contributed by atoms with Crippen molar-refractivity contribution in [2.75, 3.05) is 39.3 Å². The van der Waals surface area contributed by atoms with Crippen molar-refractivity contribution < 1.29 is 14.3 Å². The number of aryl methyl sites for hydroxylation is 1. The molecule has 0 N–H and O–H groups in total. The minimum atomic E-state index is -0.291. The van der Waals surface area contributed by atoms with Crippen LogP contribution in [0.25, 0.3) is 0 Å². The van der Waals surface area contributed by atoms with Crippen LogP contribution in [-0.2, 0) is 12.8 Å². The van der Waals surface area contributed by atoms with Crippen molar-refractivity contribution >= 4 is 6.09 Å². The first-order chi connectivity index (χ1) is 16.2. The number of carbonyl (C=O) groups is 1. The van der Waals surface area contributed by atoms with E-state index in [1.54, 1.807) is 11.1 Å². The number of ether oxygens (including phenoxy) is 2. The highest BCUT2D eigenvalue weighted by Crippen LogP contribution is 2.15. The Balaban J connectivity index is 1.16. The smallest absolute Gasteiger partial charge is 0.415 e. The van der Waals surface area contributed by atoms with Gasteiger partial charge >= 0.3 is 6.09 Å². The van der Waals surface area contributed by atoms with Crippen molar-refractivity contribution in [2.45, 2.75) is 19.8 Å². The SMILES string of the molecule is Cc1ccc(CCN2CCN(C(=O)Oc3ccc(CCOc4ccccn4)cc3)CC2)nc1. The van der Waals surface area contributed by atoms with E-state index < -0.39 is 0 Å². The molecule has 0 unspecified atom stereocenters. The van der Waals surface area contributed by atoms with Gasteiger partial charge in [0.1, 0.15) is 5.75 Å². The maximum atomic E-state index is 12.5. The predicted octanol–water partition coefficient (Wildman–Crippen LogP) is 3.77. The zero-order chi connectivity index (χ0) is 22.9. The lowest BCUT2D eigenvalue weighted by molar-refractivity contribution is 0.111. The minimum Gasteiger partial charge on any atom is -0.477 e. The summed E-state index contributed by atoms with van der Waals surface area (Å²) < 4.78 is 11.2. The lowest BCUT2D eigenvalue weighted by Crippen LogP contribution is -2.49. The molecule has 7 nitrogen and oxygen atoms in total. The molecule has 1 aliphatic heterocycles. The number of benzene rings is 1. The lowest BCUT2D eigenvalue weighted by atomic mass is 10.1. The van der Waals surface area contributed by atoms with Gasteiger partial charge in [-0.1, -0.05) is 24.3 Å². The van der Waals surface area contributed by atoms with Gasteiger partial charge in [0, 0.05) is 69.7 Å². The van der Waals surface area contributed by atoms with Crippen LogP contribution in [0.3, 0.4) is 0 Å². The fourth-order valence-corrected chi connectivity index (χ4v) is 3.67. The molecule has 0 atom stereocenters. The molecule has 1 aliphatic rings. The van der Waals surface area contributed by atoms with Crippen LogP contribution in [0.2, 0.25) is 0 Å². The number of rotatable bonds is 8. The number of hydrogen-bond acceptors (Lipinski definition) is 6. The summed E-state index contributed by atoms with van der Waals surface area (Å²) in [4.78, 5) is 25.3. The first-order valence-corrected chi connectivity index (χ1v) is 11.4. The molecule has 2 aromatic heterocycles. The van der Waals surface area contributed by atoms with Crippen molar-refractivity contribution in [2.24, 2.45) is 0 Å². The zero-order valence-electron chi connectivity index (χ0n) is 19.0. The quantitative estimate of drug-likeness (QED) is 0.525. The Morgan fingerprint density at radius 3 is 2.45 bits per heavy atom. The Kier molecular flexibility index (Phi) is 7.87. The Labute approximate surface area is 195 Å². The first kappa shape index (κ1) is 22.7. The molecule has 1 aromatic carbocycles. The van der Waals surface area contributed by atoms with E-state index in [-0.39, 0.29) is 6.09 Å². The fraction of sp³-hybridized carbons (Fsp3) is 0.346. The summed E-state index contributed by atoms with van der Waals surface area (Å²) >= 11 is 0. The summed E-state index contributed by atoms with van der Waals surface area (Å²) in [5, 5.41) is 0. The second-order valence-corrected chi connectivity index (χ2v) is 8.18. The summed E-state index contributed by atoms with van der Waals surface area (Å²) in [5.74, 6) is 1.18. The van der Waals surface area contributed by atoms with Gasteiger partial charge in [-0.25, -0.2) is 9.78 Å². The second-order valence-electron chi connectivity index (χ2n) is 8.18. The molecule has 1 saturated heterocycles. The highest BCUT2D eigenvalue weighted by atomic mass is 16.6. The topological polar surface area (TPSA) is 67.8 Å². The van der Waals surface area contributed by atoms with E-state index in [4.69, 9.17) is 9.47 Å². The van der Waals surface area contributed by atoms with Crippen molar-refractivity contribution in [3.8, 4) is 11.6 Å². The van der Waals surface area contributed by atoms with Crippen LogP contribution in [0.5, 0.6) is 11.6 Å². The third-order valence-electron chi connectivity index (χ3n) is 5.69. The molecular weight excluding hydrogens is 416 g/mol. The molecule has 3 aromatic rings. The van der Waals surface area contributed by atoms with E-state index in [0.717, 1.165) is 43.7 Å². The number of carbonyl (C=O) groups excluding carboxylic acids is 1. The number of hydrogen-bond donors (Lipinski definition) is 0. The average molecular weight is 447 g/mol. The summed E-state index contributed by atoms with van der Waals surface area (Å²) in [7, 11) is 0. The van der Waals surface area contributed by atoms with Gasteiger partial charge in [0.2, 0.25) is 5.88 Å². The molecule has 0 bridgehead atoms. The molecule has 33 heavy (non-hydrogen) atoms. The van der Waals surface area contributed by atoms with E-state index in [1.807, 2.05) is 55.6 Å². The Hall–Kier alpha value is -3.45.